The van der Waals surface area contributed by atoms with Crippen LogP contribution in [0.3, 0.4) is 0 Å². The second kappa shape index (κ2) is 11.5. The number of ether oxygens (including phenoxy) is 1. The highest BCUT2D eigenvalue weighted by atomic mass is 127. The third-order valence-corrected chi connectivity index (χ3v) is 5.68. The van der Waals surface area contributed by atoms with Gasteiger partial charge in [-0.3, -0.25) is 4.99 Å². The summed E-state index contributed by atoms with van der Waals surface area (Å²) in [5.74, 6) is 1.30. The molecule has 0 bridgehead atoms. The van der Waals surface area contributed by atoms with Crippen LogP contribution in [0.15, 0.2) is 47.6 Å². The van der Waals surface area contributed by atoms with Crippen LogP contribution in [0.4, 0.5) is 4.39 Å². The van der Waals surface area contributed by atoms with Crippen LogP contribution in [0.5, 0.6) is 11.6 Å². The highest BCUT2D eigenvalue weighted by Gasteiger charge is 2.24. The van der Waals surface area contributed by atoms with Crippen LogP contribution in [0, 0.1) is 5.82 Å². The Kier molecular flexibility index (Phi) is 9.30. The Bertz CT molecular complexity index is 792. The van der Waals surface area contributed by atoms with E-state index in [1.54, 1.807) is 25.4 Å². The van der Waals surface area contributed by atoms with E-state index in [2.05, 4.69) is 26.9 Å². The third kappa shape index (κ3) is 6.51. The van der Waals surface area contributed by atoms with Gasteiger partial charge < -0.3 is 15.4 Å². The molecule has 1 aliphatic rings. The molecule has 8 heteroatoms. The number of rotatable bonds is 6. The molecule has 0 saturated heterocycles. The first kappa shape index (κ1) is 22.7. The van der Waals surface area contributed by atoms with Crippen molar-refractivity contribution in [3.05, 3.63) is 54.0 Å². The number of nitrogens with one attached hydrogen (secondary N) is 2. The second-order valence-electron chi connectivity index (χ2n) is 6.46. The molecule has 1 heterocycles. The molecule has 0 amide bonds. The third-order valence-electron chi connectivity index (χ3n) is 4.59. The molecule has 152 valence electrons. The van der Waals surface area contributed by atoms with Crippen molar-refractivity contribution >= 4 is 41.7 Å². The summed E-state index contributed by atoms with van der Waals surface area (Å²) >= 11 is 1.93. The molecule has 2 atom stereocenters. The average molecular weight is 516 g/mol. The molecule has 1 aromatic heterocycles. The quantitative estimate of drug-likeness (QED) is 0.335. The summed E-state index contributed by atoms with van der Waals surface area (Å²) in [5, 5.41) is 7.54. The van der Waals surface area contributed by atoms with E-state index in [1.807, 2.05) is 23.9 Å². The Hall–Kier alpha value is -1.55. The van der Waals surface area contributed by atoms with Crippen molar-refractivity contribution in [2.75, 3.05) is 13.3 Å². The molecule has 3 rings (SSSR count). The number of aliphatic imine (C=N–C) groups is 1. The Morgan fingerprint density at radius 1 is 1.32 bits per heavy atom. The largest absolute Gasteiger partial charge is 0.439 e. The summed E-state index contributed by atoms with van der Waals surface area (Å²) in [6.07, 6.45) is 7.38. The Morgan fingerprint density at radius 3 is 2.89 bits per heavy atom. The summed E-state index contributed by atoms with van der Waals surface area (Å²) in [4.78, 5) is 8.60. The van der Waals surface area contributed by atoms with Crippen molar-refractivity contribution in [2.45, 2.75) is 37.1 Å². The van der Waals surface area contributed by atoms with Crippen LogP contribution in [-0.4, -0.2) is 35.5 Å². The fourth-order valence-electron chi connectivity index (χ4n) is 3.14. The average Bonchev–Trinajstić information content (AvgIpc) is 3.14. The summed E-state index contributed by atoms with van der Waals surface area (Å²) in [6, 6.07) is 10.3. The van der Waals surface area contributed by atoms with Gasteiger partial charge in [-0.1, -0.05) is 12.1 Å². The molecule has 2 aromatic rings. The fraction of sp³-hybridized carbons (Fsp3) is 0.400. The summed E-state index contributed by atoms with van der Waals surface area (Å²) in [5.41, 5.74) is 0.873. The molecule has 28 heavy (non-hydrogen) atoms. The van der Waals surface area contributed by atoms with Gasteiger partial charge in [-0.05, 0) is 43.7 Å². The van der Waals surface area contributed by atoms with E-state index in [9.17, 15) is 4.39 Å². The molecule has 1 aromatic carbocycles. The molecule has 0 radical (unpaired) electrons. The van der Waals surface area contributed by atoms with E-state index in [1.165, 1.54) is 18.6 Å². The zero-order valence-electron chi connectivity index (χ0n) is 16.0. The number of nitrogens with zero attached hydrogens (tertiary/aromatic N) is 2. The van der Waals surface area contributed by atoms with Gasteiger partial charge in [0.1, 0.15) is 11.6 Å². The topological polar surface area (TPSA) is 58.5 Å². The van der Waals surface area contributed by atoms with Gasteiger partial charge in [-0.2, -0.15) is 11.8 Å². The first-order valence-corrected chi connectivity index (χ1v) is 10.3. The van der Waals surface area contributed by atoms with Gasteiger partial charge in [0.2, 0.25) is 5.88 Å². The van der Waals surface area contributed by atoms with E-state index in [-0.39, 0.29) is 29.8 Å². The fourth-order valence-corrected chi connectivity index (χ4v) is 3.94. The lowest BCUT2D eigenvalue weighted by molar-refractivity contribution is 0.450. The first-order valence-electron chi connectivity index (χ1n) is 9.05. The monoisotopic (exact) mass is 516 g/mol. The zero-order chi connectivity index (χ0) is 19.1. The van der Waals surface area contributed by atoms with Crippen LogP contribution < -0.4 is 15.4 Å². The lowest BCUT2D eigenvalue weighted by Crippen LogP contribution is -2.42. The normalized spacial score (nSPS) is 19.0. The number of pyridine rings is 1. The van der Waals surface area contributed by atoms with Gasteiger partial charge in [0, 0.05) is 42.7 Å². The minimum Gasteiger partial charge on any atom is -0.439 e. The van der Waals surface area contributed by atoms with Crippen molar-refractivity contribution < 1.29 is 9.13 Å². The second-order valence-corrected chi connectivity index (χ2v) is 7.60. The van der Waals surface area contributed by atoms with Gasteiger partial charge >= 0.3 is 0 Å². The van der Waals surface area contributed by atoms with Crippen molar-refractivity contribution in [1.82, 2.24) is 15.6 Å². The van der Waals surface area contributed by atoms with Gasteiger partial charge in [0.15, 0.2) is 5.96 Å². The Morgan fingerprint density at radius 2 is 2.18 bits per heavy atom. The number of aromatic nitrogens is 1. The molecule has 1 fully saturated rings. The molecule has 2 N–H and O–H groups in total. The highest BCUT2D eigenvalue weighted by Crippen LogP contribution is 2.28. The van der Waals surface area contributed by atoms with Crippen LogP contribution >= 0.6 is 35.7 Å². The molecule has 2 unspecified atom stereocenters. The van der Waals surface area contributed by atoms with Crippen LogP contribution in [0.2, 0.25) is 0 Å². The predicted octanol–water partition coefficient (Wildman–Crippen LogP) is 4.58. The minimum absolute atomic E-state index is 0. The van der Waals surface area contributed by atoms with Crippen LogP contribution in [-0.2, 0) is 6.54 Å². The SMILES string of the molecule is CN=C(NCc1cccnc1Oc1cccc(F)c1)NC1CCC(SC)C1.I. The first-order chi connectivity index (χ1) is 13.2. The summed E-state index contributed by atoms with van der Waals surface area (Å²) < 4.78 is 19.1. The molecular formula is C20H26FIN4OS. The standard InChI is InChI=1S/C20H25FN4OS.HI/c1-22-20(25-16-8-9-18(12-16)27-2)24-13-14-5-4-10-23-19(14)26-17-7-3-6-15(21)11-17;/h3-7,10-11,16,18H,8-9,12-13H2,1-2H3,(H2,22,24,25);1H. The lowest BCUT2D eigenvalue weighted by atomic mass is 10.2. The molecule has 1 saturated carbocycles. The molecule has 0 aliphatic heterocycles. The summed E-state index contributed by atoms with van der Waals surface area (Å²) in [7, 11) is 1.77. The van der Waals surface area contributed by atoms with Crippen LogP contribution in [0.1, 0.15) is 24.8 Å². The van der Waals surface area contributed by atoms with E-state index < -0.39 is 0 Å². The maximum Gasteiger partial charge on any atom is 0.224 e. The van der Waals surface area contributed by atoms with E-state index in [0.717, 1.165) is 29.6 Å². The number of benzene rings is 1. The smallest absolute Gasteiger partial charge is 0.224 e. The lowest BCUT2D eigenvalue weighted by Gasteiger charge is -2.18. The van der Waals surface area contributed by atoms with Gasteiger partial charge in [0.05, 0.1) is 0 Å². The number of thioether (sulfide) groups is 1. The van der Waals surface area contributed by atoms with Crippen molar-refractivity contribution in [3.63, 3.8) is 0 Å². The zero-order valence-corrected chi connectivity index (χ0v) is 19.2. The molecular weight excluding hydrogens is 490 g/mol. The van der Waals surface area contributed by atoms with Crippen molar-refractivity contribution in [1.29, 1.82) is 0 Å². The maximum absolute atomic E-state index is 13.4. The summed E-state index contributed by atoms with van der Waals surface area (Å²) in [6.45, 7) is 0.511. The highest BCUT2D eigenvalue weighted by molar-refractivity contribution is 14.0. The van der Waals surface area contributed by atoms with E-state index in [4.69, 9.17) is 4.74 Å². The Balaban J connectivity index is 0.00000280. The minimum atomic E-state index is -0.340. The van der Waals surface area contributed by atoms with Gasteiger partial charge in [-0.15, -0.1) is 24.0 Å². The molecule has 0 spiro atoms. The van der Waals surface area contributed by atoms with Crippen molar-refractivity contribution in [3.8, 4) is 11.6 Å². The maximum atomic E-state index is 13.4. The molecule has 5 nitrogen and oxygen atoms in total. The predicted molar refractivity (Wildman–Crippen MR) is 124 cm³/mol. The van der Waals surface area contributed by atoms with Gasteiger partial charge in [0.25, 0.3) is 0 Å². The number of guanidine groups is 1. The number of halogens is 2. The molecule has 1 aliphatic carbocycles. The van der Waals surface area contributed by atoms with Crippen LogP contribution in [0.25, 0.3) is 0 Å². The van der Waals surface area contributed by atoms with E-state index >= 15 is 0 Å². The number of hydrogen-bond acceptors (Lipinski definition) is 4. The number of hydrogen-bond donors (Lipinski definition) is 2. The van der Waals surface area contributed by atoms with E-state index in [0.29, 0.717) is 24.2 Å². The van der Waals surface area contributed by atoms with Gasteiger partial charge in [-0.25, -0.2) is 9.37 Å². The Labute approximate surface area is 187 Å². The van der Waals surface area contributed by atoms with Crippen molar-refractivity contribution in [2.24, 2.45) is 4.99 Å².